The van der Waals surface area contributed by atoms with E-state index in [0.717, 1.165) is 0 Å². The maximum atomic E-state index is 11.6. The highest BCUT2D eigenvalue weighted by Crippen LogP contribution is 2.08. The van der Waals surface area contributed by atoms with Crippen molar-refractivity contribution in [2.45, 2.75) is 19.1 Å². The Morgan fingerprint density at radius 3 is 2.73 bits per heavy atom. The normalized spacial score (nSPS) is 16.9. The lowest BCUT2D eigenvalue weighted by Crippen LogP contribution is -2.37. The van der Waals surface area contributed by atoms with Crippen molar-refractivity contribution in [3.63, 3.8) is 0 Å². The van der Waals surface area contributed by atoms with Gasteiger partial charge in [-0.25, -0.2) is 5.43 Å². The molecule has 0 saturated heterocycles. The minimum absolute atomic E-state index is 0.106. The third kappa shape index (κ3) is 6.66. The van der Waals surface area contributed by atoms with Crippen molar-refractivity contribution in [3.8, 4) is 0 Å². The van der Waals surface area contributed by atoms with Crippen LogP contribution in [-0.4, -0.2) is 67.3 Å². The number of hydrogen-bond donors (Lipinski definition) is 4. The number of rotatable bonds is 10. The number of carbonyl (C=O) groups excluding carboxylic acids is 3. The molecule has 0 spiro atoms. The summed E-state index contributed by atoms with van der Waals surface area (Å²) < 4.78 is 5.20. The quantitative estimate of drug-likeness (QED) is 0.270. The Morgan fingerprint density at radius 1 is 1.32 bits per heavy atom. The minimum atomic E-state index is -0.951. The van der Waals surface area contributed by atoms with E-state index in [1.165, 1.54) is 17.1 Å². The van der Waals surface area contributed by atoms with Crippen molar-refractivity contribution in [2.24, 2.45) is 0 Å². The summed E-state index contributed by atoms with van der Waals surface area (Å²) in [5.74, 6) is -0.708. The molecule has 4 N–H and O–H groups in total. The molecule has 9 nitrogen and oxygen atoms in total. The first-order valence-corrected chi connectivity index (χ1v) is 7.01. The number of nitrogens with one attached hydrogen (secondary N) is 3. The number of aliphatic hydroxyl groups is 1. The molecule has 1 heterocycles. The first kappa shape index (κ1) is 18.1. The third-order valence-electron chi connectivity index (χ3n) is 2.90. The maximum absolute atomic E-state index is 11.6. The summed E-state index contributed by atoms with van der Waals surface area (Å²) in [5, 5.41) is 12.1. The number of ether oxygens (including phenoxy) is 1. The molecule has 22 heavy (non-hydrogen) atoms. The van der Waals surface area contributed by atoms with E-state index in [4.69, 9.17) is 4.74 Å². The lowest BCUT2D eigenvalue weighted by atomic mass is 10.3. The van der Waals surface area contributed by atoms with Gasteiger partial charge in [-0.1, -0.05) is 0 Å². The van der Waals surface area contributed by atoms with Gasteiger partial charge in [-0.05, 0) is 6.08 Å². The van der Waals surface area contributed by atoms with Gasteiger partial charge in [0.25, 0.3) is 0 Å². The van der Waals surface area contributed by atoms with E-state index < -0.39 is 6.23 Å². The second-order valence-corrected chi connectivity index (χ2v) is 4.56. The molecule has 0 bridgehead atoms. The van der Waals surface area contributed by atoms with Gasteiger partial charge < -0.3 is 20.1 Å². The van der Waals surface area contributed by atoms with Gasteiger partial charge in [0.2, 0.25) is 17.7 Å². The average Bonchev–Trinajstić information content (AvgIpc) is 2.80. The Hall–Kier alpha value is -1.97. The van der Waals surface area contributed by atoms with Gasteiger partial charge in [-0.3, -0.25) is 19.8 Å². The number of aliphatic hydroxyl groups excluding tert-OH is 1. The van der Waals surface area contributed by atoms with Gasteiger partial charge >= 0.3 is 0 Å². The molecule has 1 atom stereocenters. The van der Waals surface area contributed by atoms with E-state index in [1.54, 1.807) is 7.05 Å². The fraction of sp³-hybridized carbons (Fsp3) is 0.615. The third-order valence-corrected chi connectivity index (χ3v) is 2.90. The smallest absolute Gasteiger partial charge is 0.248 e. The van der Waals surface area contributed by atoms with Crippen LogP contribution in [0.15, 0.2) is 12.2 Å². The van der Waals surface area contributed by atoms with Gasteiger partial charge in [0.1, 0.15) is 6.23 Å². The summed E-state index contributed by atoms with van der Waals surface area (Å²) in [6.07, 6.45) is 2.04. The van der Waals surface area contributed by atoms with Crippen molar-refractivity contribution in [3.05, 3.63) is 12.2 Å². The van der Waals surface area contributed by atoms with Crippen molar-refractivity contribution in [1.82, 2.24) is 21.1 Å². The summed E-state index contributed by atoms with van der Waals surface area (Å²) in [5.41, 5.74) is 4.92. The van der Waals surface area contributed by atoms with Crippen LogP contribution in [0.2, 0.25) is 0 Å². The van der Waals surface area contributed by atoms with Gasteiger partial charge in [0.05, 0.1) is 19.6 Å². The van der Waals surface area contributed by atoms with E-state index in [2.05, 4.69) is 16.2 Å². The molecular formula is C13H22N4O5. The van der Waals surface area contributed by atoms with Crippen LogP contribution in [0.1, 0.15) is 12.8 Å². The first-order chi connectivity index (χ1) is 10.5. The van der Waals surface area contributed by atoms with Crippen LogP contribution in [0.5, 0.6) is 0 Å². The Bertz CT molecular complexity index is 427. The summed E-state index contributed by atoms with van der Waals surface area (Å²) in [6, 6.07) is 0. The number of carbonyl (C=O) groups is 3. The summed E-state index contributed by atoms with van der Waals surface area (Å²) in [4.78, 5) is 35.2. The molecule has 0 aromatic carbocycles. The molecule has 0 fully saturated rings. The minimum Gasteiger partial charge on any atom is -0.379 e. The summed E-state index contributed by atoms with van der Waals surface area (Å²) in [6.45, 7) is 1.04. The average molecular weight is 314 g/mol. The predicted octanol–water partition coefficient (Wildman–Crippen LogP) is -2.13. The van der Waals surface area contributed by atoms with Crippen LogP contribution in [0.25, 0.3) is 0 Å². The molecule has 0 radical (unpaired) electrons. The molecule has 0 aromatic heterocycles. The zero-order chi connectivity index (χ0) is 16.4. The molecule has 0 aliphatic carbocycles. The Labute approximate surface area is 128 Å². The SMILES string of the molecule is CNNC(=O)CCOCCNC(=O)CCN1C(=O)C=CC1O. The molecule has 1 aliphatic heterocycles. The van der Waals surface area contributed by atoms with Crippen LogP contribution >= 0.6 is 0 Å². The van der Waals surface area contributed by atoms with E-state index in [-0.39, 0.29) is 43.7 Å². The number of hydrogen-bond acceptors (Lipinski definition) is 6. The molecule has 1 rings (SSSR count). The van der Waals surface area contributed by atoms with Crippen molar-refractivity contribution in [2.75, 3.05) is 33.4 Å². The monoisotopic (exact) mass is 314 g/mol. The van der Waals surface area contributed by atoms with Crippen molar-refractivity contribution >= 4 is 17.7 Å². The number of nitrogens with zero attached hydrogens (tertiary/aromatic N) is 1. The van der Waals surface area contributed by atoms with E-state index in [0.29, 0.717) is 13.2 Å². The van der Waals surface area contributed by atoms with Crippen molar-refractivity contribution in [1.29, 1.82) is 0 Å². The van der Waals surface area contributed by atoms with Crippen molar-refractivity contribution < 1.29 is 24.2 Å². The molecule has 0 aromatic rings. The molecule has 3 amide bonds. The number of hydrazine groups is 1. The van der Waals surface area contributed by atoms with E-state index >= 15 is 0 Å². The van der Waals surface area contributed by atoms with Crippen LogP contribution in [0.3, 0.4) is 0 Å². The number of amides is 3. The second kappa shape index (κ2) is 9.87. The molecule has 0 saturated carbocycles. The highest BCUT2D eigenvalue weighted by atomic mass is 16.5. The Morgan fingerprint density at radius 2 is 2.09 bits per heavy atom. The topological polar surface area (TPSA) is 120 Å². The molecule has 1 aliphatic rings. The van der Waals surface area contributed by atoms with Gasteiger partial charge in [-0.2, -0.15) is 0 Å². The molecular weight excluding hydrogens is 292 g/mol. The van der Waals surface area contributed by atoms with Crippen LogP contribution < -0.4 is 16.2 Å². The predicted molar refractivity (Wildman–Crippen MR) is 77.1 cm³/mol. The standard InChI is InChI=1S/C13H22N4O5/c1-14-16-11(19)5-8-22-9-6-15-10(18)4-7-17-12(20)2-3-13(17)21/h2-3,12,14,20H,4-9H2,1H3,(H,15,18)(H,16,19). The maximum Gasteiger partial charge on any atom is 0.248 e. The van der Waals surface area contributed by atoms with E-state index in [1.807, 2.05) is 0 Å². The molecule has 1 unspecified atom stereocenters. The zero-order valence-corrected chi connectivity index (χ0v) is 12.5. The first-order valence-electron chi connectivity index (χ1n) is 7.01. The largest absolute Gasteiger partial charge is 0.379 e. The second-order valence-electron chi connectivity index (χ2n) is 4.56. The Balaban J connectivity index is 2.00. The lowest BCUT2D eigenvalue weighted by molar-refractivity contribution is -0.132. The zero-order valence-electron chi connectivity index (χ0n) is 12.5. The molecule has 124 valence electrons. The highest BCUT2D eigenvalue weighted by molar-refractivity contribution is 5.90. The van der Waals surface area contributed by atoms with Gasteiger partial charge in [0, 0.05) is 32.6 Å². The van der Waals surface area contributed by atoms with E-state index in [9.17, 15) is 19.5 Å². The highest BCUT2D eigenvalue weighted by Gasteiger charge is 2.23. The lowest BCUT2D eigenvalue weighted by Gasteiger charge is -2.19. The van der Waals surface area contributed by atoms with Crippen LogP contribution in [0.4, 0.5) is 0 Å². The molecule has 9 heteroatoms. The summed E-state index contributed by atoms with van der Waals surface area (Å²) >= 11 is 0. The summed E-state index contributed by atoms with van der Waals surface area (Å²) in [7, 11) is 1.60. The van der Waals surface area contributed by atoms with Gasteiger partial charge in [-0.15, -0.1) is 0 Å². The fourth-order valence-electron chi connectivity index (χ4n) is 1.78. The fourth-order valence-corrected chi connectivity index (χ4v) is 1.78. The van der Waals surface area contributed by atoms with Crippen LogP contribution in [0, 0.1) is 0 Å². The van der Waals surface area contributed by atoms with Gasteiger partial charge in [0.15, 0.2) is 0 Å². The Kier molecular flexibility index (Phi) is 8.11. The van der Waals surface area contributed by atoms with Crippen LogP contribution in [-0.2, 0) is 19.1 Å².